The second kappa shape index (κ2) is 5.61. The van der Waals surface area contributed by atoms with E-state index < -0.39 is 4.92 Å². The molecule has 7 heteroatoms. The van der Waals surface area contributed by atoms with Crippen molar-refractivity contribution in [2.45, 2.75) is 31.3 Å². The first kappa shape index (κ1) is 14.3. The molecular weight excluding hydrogens is 294 g/mol. The summed E-state index contributed by atoms with van der Waals surface area (Å²) in [5, 5.41) is 14.7. The van der Waals surface area contributed by atoms with Gasteiger partial charge in [0.1, 0.15) is 5.56 Å². The fourth-order valence-corrected chi connectivity index (χ4v) is 3.41. The van der Waals surface area contributed by atoms with E-state index in [0.29, 0.717) is 19.1 Å². The van der Waals surface area contributed by atoms with Gasteiger partial charge < -0.3 is 10.2 Å². The summed E-state index contributed by atoms with van der Waals surface area (Å²) in [5.74, 6) is -0.346. The molecule has 1 amide bonds. The van der Waals surface area contributed by atoms with Crippen LogP contribution in [-0.4, -0.2) is 40.9 Å². The van der Waals surface area contributed by atoms with Gasteiger partial charge in [-0.25, -0.2) is 0 Å². The van der Waals surface area contributed by atoms with Crippen LogP contribution in [0.2, 0.25) is 5.02 Å². The fourth-order valence-electron chi connectivity index (χ4n) is 3.16. The van der Waals surface area contributed by atoms with E-state index in [1.807, 2.05) is 0 Å². The van der Waals surface area contributed by atoms with E-state index in [0.717, 1.165) is 19.3 Å². The number of nitro benzene ring substituents is 1. The highest BCUT2D eigenvalue weighted by molar-refractivity contribution is 6.34. The Balaban J connectivity index is 1.90. The molecule has 2 aliphatic heterocycles. The van der Waals surface area contributed by atoms with Gasteiger partial charge in [0.2, 0.25) is 0 Å². The zero-order chi connectivity index (χ0) is 15.0. The highest BCUT2D eigenvalue weighted by Crippen LogP contribution is 2.29. The second-order valence-corrected chi connectivity index (χ2v) is 5.98. The lowest BCUT2D eigenvalue weighted by molar-refractivity contribution is -0.385. The van der Waals surface area contributed by atoms with Crippen LogP contribution in [0.15, 0.2) is 18.2 Å². The SMILES string of the molecule is O=C(c1c(Cl)cccc1[N+](=O)[O-])N1CCC2CCC(C1)N2. The Morgan fingerprint density at radius 2 is 2.10 bits per heavy atom. The molecule has 0 spiro atoms. The molecule has 2 heterocycles. The second-order valence-electron chi connectivity index (χ2n) is 5.57. The highest BCUT2D eigenvalue weighted by atomic mass is 35.5. The molecular formula is C14H16ClN3O3. The van der Waals surface area contributed by atoms with Crippen LogP contribution in [0.5, 0.6) is 0 Å². The molecule has 2 bridgehead atoms. The number of hydrogen-bond donors (Lipinski definition) is 1. The van der Waals surface area contributed by atoms with Crippen LogP contribution in [0.1, 0.15) is 29.6 Å². The molecule has 0 saturated carbocycles. The van der Waals surface area contributed by atoms with Crippen molar-refractivity contribution < 1.29 is 9.72 Å². The molecule has 3 rings (SSSR count). The average molecular weight is 310 g/mol. The third kappa shape index (κ3) is 2.73. The van der Waals surface area contributed by atoms with Gasteiger partial charge in [0.15, 0.2) is 0 Å². The van der Waals surface area contributed by atoms with Crippen LogP contribution in [0.4, 0.5) is 5.69 Å². The zero-order valence-corrected chi connectivity index (χ0v) is 12.2. The number of nitrogens with zero attached hydrogens (tertiary/aromatic N) is 2. The van der Waals surface area contributed by atoms with E-state index in [9.17, 15) is 14.9 Å². The van der Waals surface area contributed by atoms with Crippen LogP contribution in [-0.2, 0) is 0 Å². The molecule has 1 aromatic carbocycles. The Morgan fingerprint density at radius 1 is 1.33 bits per heavy atom. The standard InChI is InChI=1S/C14H16ClN3O3/c15-11-2-1-3-12(18(20)21)13(11)14(19)17-7-6-9-4-5-10(8-17)16-9/h1-3,9-10,16H,4-8H2. The van der Waals surface area contributed by atoms with Gasteiger partial charge in [0.25, 0.3) is 11.6 Å². The summed E-state index contributed by atoms with van der Waals surface area (Å²) in [6, 6.07) is 5.06. The lowest BCUT2D eigenvalue weighted by atomic mass is 10.1. The number of rotatable bonds is 2. The van der Waals surface area contributed by atoms with Gasteiger partial charge in [-0.15, -0.1) is 0 Å². The van der Waals surface area contributed by atoms with Gasteiger partial charge >= 0.3 is 0 Å². The number of benzene rings is 1. The van der Waals surface area contributed by atoms with Crippen LogP contribution in [0.3, 0.4) is 0 Å². The Bertz CT molecular complexity index is 593. The van der Waals surface area contributed by atoms with Crippen LogP contribution in [0, 0.1) is 10.1 Å². The molecule has 0 aromatic heterocycles. The van der Waals surface area contributed by atoms with E-state index in [2.05, 4.69) is 5.32 Å². The molecule has 1 N–H and O–H groups in total. The first-order chi connectivity index (χ1) is 10.1. The minimum atomic E-state index is -0.554. The number of likely N-dealkylation sites (tertiary alicyclic amines) is 1. The van der Waals surface area contributed by atoms with E-state index in [1.165, 1.54) is 18.2 Å². The quantitative estimate of drug-likeness (QED) is 0.671. The topological polar surface area (TPSA) is 75.5 Å². The number of amides is 1. The highest BCUT2D eigenvalue weighted by Gasteiger charge is 2.34. The lowest BCUT2D eigenvalue weighted by Gasteiger charge is -2.24. The molecule has 2 saturated heterocycles. The maximum Gasteiger partial charge on any atom is 0.283 e. The van der Waals surface area contributed by atoms with Crippen molar-refractivity contribution in [2.24, 2.45) is 0 Å². The third-order valence-corrected chi connectivity index (χ3v) is 4.53. The first-order valence-electron chi connectivity index (χ1n) is 7.04. The van der Waals surface area contributed by atoms with Crippen molar-refractivity contribution in [1.82, 2.24) is 10.2 Å². The molecule has 2 unspecified atom stereocenters. The van der Waals surface area contributed by atoms with Gasteiger partial charge in [0.05, 0.1) is 9.95 Å². The van der Waals surface area contributed by atoms with Gasteiger partial charge in [-0.05, 0) is 25.3 Å². The van der Waals surface area contributed by atoms with Gasteiger partial charge in [-0.2, -0.15) is 0 Å². The summed E-state index contributed by atoms with van der Waals surface area (Å²) in [5.41, 5.74) is -0.225. The Hall–Kier alpha value is -1.66. The van der Waals surface area contributed by atoms with E-state index in [-0.39, 0.29) is 28.2 Å². The summed E-state index contributed by atoms with van der Waals surface area (Å²) >= 11 is 6.04. The molecule has 0 aliphatic carbocycles. The molecule has 1 aromatic rings. The van der Waals surface area contributed by atoms with Gasteiger partial charge in [-0.3, -0.25) is 14.9 Å². The van der Waals surface area contributed by atoms with Crippen molar-refractivity contribution in [3.05, 3.63) is 38.9 Å². The number of fused-ring (bicyclic) bond motifs is 2. The number of carbonyl (C=O) groups excluding carboxylic acids is 1. The van der Waals surface area contributed by atoms with Crippen LogP contribution < -0.4 is 5.32 Å². The predicted molar refractivity (Wildman–Crippen MR) is 78.6 cm³/mol. The van der Waals surface area contributed by atoms with Gasteiger partial charge in [0, 0.05) is 31.2 Å². The number of nitrogens with one attached hydrogen (secondary N) is 1. The van der Waals surface area contributed by atoms with Crippen molar-refractivity contribution in [1.29, 1.82) is 0 Å². The Kier molecular flexibility index (Phi) is 3.82. The first-order valence-corrected chi connectivity index (χ1v) is 7.42. The number of hydrogen-bond acceptors (Lipinski definition) is 4. The van der Waals surface area contributed by atoms with Crippen LogP contribution >= 0.6 is 11.6 Å². The summed E-state index contributed by atoms with van der Waals surface area (Å²) in [7, 11) is 0. The Morgan fingerprint density at radius 3 is 2.86 bits per heavy atom. The largest absolute Gasteiger partial charge is 0.337 e. The monoisotopic (exact) mass is 309 g/mol. The van der Waals surface area contributed by atoms with Crippen molar-refractivity contribution in [3.8, 4) is 0 Å². The average Bonchev–Trinajstić information content (AvgIpc) is 2.77. The molecule has 6 nitrogen and oxygen atoms in total. The number of halogens is 1. The maximum atomic E-state index is 12.7. The van der Waals surface area contributed by atoms with Crippen molar-refractivity contribution in [3.63, 3.8) is 0 Å². The smallest absolute Gasteiger partial charge is 0.283 e. The molecule has 2 fully saturated rings. The summed E-state index contributed by atoms with van der Waals surface area (Å²) in [6.07, 6.45) is 3.05. The molecule has 2 aliphatic rings. The minimum Gasteiger partial charge on any atom is -0.337 e. The predicted octanol–water partition coefficient (Wildman–Crippen LogP) is 2.21. The summed E-state index contributed by atoms with van der Waals surface area (Å²) < 4.78 is 0. The summed E-state index contributed by atoms with van der Waals surface area (Å²) in [4.78, 5) is 24.9. The van der Waals surface area contributed by atoms with E-state index in [4.69, 9.17) is 11.6 Å². The Labute approximate surface area is 127 Å². The summed E-state index contributed by atoms with van der Waals surface area (Å²) in [6.45, 7) is 1.19. The fraction of sp³-hybridized carbons (Fsp3) is 0.500. The minimum absolute atomic E-state index is 0.00180. The van der Waals surface area contributed by atoms with E-state index >= 15 is 0 Å². The van der Waals surface area contributed by atoms with Gasteiger partial charge in [-0.1, -0.05) is 17.7 Å². The third-order valence-electron chi connectivity index (χ3n) is 4.21. The molecule has 21 heavy (non-hydrogen) atoms. The normalized spacial score (nSPS) is 24.7. The zero-order valence-electron chi connectivity index (χ0n) is 11.4. The lowest BCUT2D eigenvalue weighted by Crippen LogP contribution is -2.39. The number of carbonyl (C=O) groups is 1. The maximum absolute atomic E-state index is 12.7. The molecule has 112 valence electrons. The van der Waals surface area contributed by atoms with E-state index in [1.54, 1.807) is 4.90 Å². The van der Waals surface area contributed by atoms with Crippen LogP contribution in [0.25, 0.3) is 0 Å². The molecule has 0 radical (unpaired) electrons. The molecule has 2 atom stereocenters. The van der Waals surface area contributed by atoms with Crippen molar-refractivity contribution in [2.75, 3.05) is 13.1 Å². The number of nitro groups is 1. The van der Waals surface area contributed by atoms with Crippen molar-refractivity contribution >= 4 is 23.2 Å².